The van der Waals surface area contributed by atoms with Gasteiger partial charge in [0.25, 0.3) is 0 Å². The summed E-state index contributed by atoms with van der Waals surface area (Å²) in [5.74, 6) is 8.57. The summed E-state index contributed by atoms with van der Waals surface area (Å²) in [6, 6.07) is 15.7. The predicted octanol–water partition coefficient (Wildman–Crippen LogP) is 4.30. The Morgan fingerprint density at radius 1 is 1.07 bits per heavy atom. The molecule has 4 rings (SSSR count). The summed E-state index contributed by atoms with van der Waals surface area (Å²) in [7, 11) is 0. The smallest absolute Gasteiger partial charge is 0.210 e. The van der Waals surface area contributed by atoms with E-state index in [1.165, 1.54) is 22.0 Å². The van der Waals surface area contributed by atoms with E-state index in [-0.39, 0.29) is 12.0 Å². The maximum Gasteiger partial charge on any atom is 0.210 e. The molecule has 0 aliphatic rings. The van der Waals surface area contributed by atoms with Crippen LogP contribution in [0.2, 0.25) is 0 Å². The molecule has 8 heteroatoms. The summed E-state index contributed by atoms with van der Waals surface area (Å²) in [6.07, 6.45) is 0. The van der Waals surface area contributed by atoms with E-state index in [9.17, 15) is 0 Å². The van der Waals surface area contributed by atoms with Gasteiger partial charge in [0, 0.05) is 0 Å². The summed E-state index contributed by atoms with van der Waals surface area (Å²) in [5, 5.41) is 8.86. The fourth-order valence-electron chi connectivity index (χ4n) is 2.81. The van der Waals surface area contributed by atoms with E-state index >= 15 is 0 Å². The van der Waals surface area contributed by atoms with Gasteiger partial charge in [0.15, 0.2) is 11.4 Å². The molecule has 2 heterocycles. The molecule has 0 radical (unpaired) electrons. The van der Waals surface area contributed by atoms with Crippen LogP contribution in [0.3, 0.4) is 0 Å². The molecule has 0 saturated carbocycles. The van der Waals surface area contributed by atoms with Crippen molar-refractivity contribution in [3.05, 3.63) is 65.8 Å². The number of rotatable bonds is 6. The van der Waals surface area contributed by atoms with E-state index in [1.807, 2.05) is 36.4 Å². The van der Waals surface area contributed by atoms with Crippen LogP contribution in [0.1, 0.15) is 38.0 Å². The zero-order valence-corrected chi connectivity index (χ0v) is 17.4. The van der Waals surface area contributed by atoms with Crippen LogP contribution in [0, 0.1) is 0 Å². The highest BCUT2D eigenvalue weighted by molar-refractivity contribution is 7.98. The Bertz CT molecular complexity index is 1080. The number of ether oxygens (including phenoxy) is 1. The minimum absolute atomic E-state index is 0.108. The maximum absolute atomic E-state index is 6.13. The molecule has 150 valence electrons. The first kappa shape index (κ1) is 19.3. The average molecular weight is 410 g/mol. The van der Waals surface area contributed by atoms with Gasteiger partial charge in [0.2, 0.25) is 11.0 Å². The zero-order valence-electron chi connectivity index (χ0n) is 16.6. The molecule has 0 aliphatic carbocycles. The van der Waals surface area contributed by atoms with Crippen LogP contribution in [-0.2, 0) is 17.8 Å². The molecule has 0 bridgehead atoms. The zero-order chi connectivity index (χ0) is 20.4. The van der Waals surface area contributed by atoms with Gasteiger partial charge in [0.05, 0.1) is 5.75 Å². The van der Waals surface area contributed by atoms with Gasteiger partial charge in [0.1, 0.15) is 17.9 Å². The highest BCUT2D eigenvalue weighted by Gasteiger charge is 2.15. The van der Waals surface area contributed by atoms with Gasteiger partial charge in [-0.25, -0.2) is 9.66 Å². The van der Waals surface area contributed by atoms with Crippen molar-refractivity contribution in [1.82, 2.24) is 19.9 Å². The SMILES string of the molecule is CC(C)(C)c1ccc(OCc2nnc(SCc3nc4ccccc4o3)n2N)cc1. The Kier molecular flexibility index (Phi) is 5.19. The van der Waals surface area contributed by atoms with Gasteiger partial charge in [-0.2, -0.15) is 0 Å². The molecule has 2 aromatic heterocycles. The number of hydrogen-bond acceptors (Lipinski definition) is 7. The Hall–Kier alpha value is -3.00. The van der Waals surface area contributed by atoms with E-state index in [4.69, 9.17) is 15.0 Å². The Labute approximate surface area is 173 Å². The number of aromatic nitrogens is 4. The standard InChI is InChI=1S/C21H23N5O2S/c1-21(2,3)14-8-10-15(11-9-14)27-12-18-24-25-20(26(18)22)29-13-19-23-16-6-4-5-7-17(16)28-19/h4-11H,12-13,22H2,1-3H3. The Morgan fingerprint density at radius 2 is 1.83 bits per heavy atom. The highest BCUT2D eigenvalue weighted by Crippen LogP contribution is 2.25. The second-order valence-electron chi connectivity index (χ2n) is 7.70. The molecule has 7 nitrogen and oxygen atoms in total. The van der Waals surface area contributed by atoms with Crippen molar-refractivity contribution in [2.75, 3.05) is 5.84 Å². The summed E-state index contributed by atoms with van der Waals surface area (Å²) >= 11 is 1.42. The minimum Gasteiger partial charge on any atom is -0.486 e. The van der Waals surface area contributed by atoms with Crippen molar-refractivity contribution < 1.29 is 9.15 Å². The van der Waals surface area contributed by atoms with E-state index in [0.29, 0.717) is 22.6 Å². The second kappa shape index (κ2) is 7.79. The van der Waals surface area contributed by atoms with Crippen molar-refractivity contribution in [2.45, 2.75) is 43.7 Å². The van der Waals surface area contributed by atoms with Crippen molar-refractivity contribution in [3.8, 4) is 5.75 Å². The van der Waals surface area contributed by atoms with Crippen LogP contribution in [0.5, 0.6) is 5.75 Å². The molecule has 0 spiro atoms. The molecule has 0 fully saturated rings. The lowest BCUT2D eigenvalue weighted by Gasteiger charge is -2.19. The number of thioether (sulfide) groups is 1. The van der Waals surface area contributed by atoms with Crippen molar-refractivity contribution in [3.63, 3.8) is 0 Å². The van der Waals surface area contributed by atoms with Gasteiger partial charge < -0.3 is 15.0 Å². The molecule has 0 atom stereocenters. The molecule has 29 heavy (non-hydrogen) atoms. The van der Waals surface area contributed by atoms with Gasteiger partial charge in [-0.15, -0.1) is 10.2 Å². The molecule has 4 aromatic rings. The third kappa shape index (κ3) is 4.37. The number of benzene rings is 2. The van der Waals surface area contributed by atoms with E-state index in [1.54, 1.807) is 0 Å². The van der Waals surface area contributed by atoms with Crippen molar-refractivity contribution >= 4 is 22.9 Å². The number of nitrogens with zero attached hydrogens (tertiary/aromatic N) is 4. The molecule has 0 unspecified atom stereocenters. The summed E-state index contributed by atoms with van der Waals surface area (Å²) in [4.78, 5) is 4.45. The highest BCUT2D eigenvalue weighted by atomic mass is 32.2. The summed E-state index contributed by atoms with van der Waals surface area (Å²) < 4.78 is 13.0. The van der Waals surface area contributed by atoms with Crippen LogP contribution < -0.4 is 10.6 Å². The van der Waals surface area contributed by atoms with Crippen LogP contribution in [-0.4, -0.2) is 19.9 Å². The van der Waals surface area contributed by atoms with Gasteiger partial charge in [-0.3, -0.25) is 0 Å². The monoisotopic (exact) mass is 409 g/mol. The number of oxazole rings is 1. The number of nitrogen functional groups attached to an aromatic ring is 1. The van der Waals surface area contributed by atoms with Crippen LogP contribution in [0.15, 0.2) is 58.1 Å². The fourth-order valence-corrected chi connectivity index (χ4v) is 3.53. The topological polar surface area (TPSA) is 92.0 Å². The first-order valence-electron chi connectivity index (χ1n) is 9.30. The van der Waals surface area contributed by atoms with Crippen molar-refractivity contribution in [2.24, 2.45) is 0 Å². The lowest BCUT2D eigenvalue weighted by atomic mass is 9.87. The molecule has 2 N–H and O–H groups in total. The molecule has 2 aromatic carbocycles. The number of nitrogens with two attached hydrogens (primary N) is 1. The third-order valence-corrected chi connectivity index (χ3v) is 5.41. The maximum atomic E-state index is 6.13. The first-order chi connectivity index (χ1) is 13.9. The quantitative estimate of drug-likeness (QED) is 0.375. The molecule has 0 saturated heterocycles. The number of hydrogen-bond donors (Lipinski definition) is 1. The summed E-state index contributed by atoms with van der Waals surface area (Å²) in [6.45, 7) is 6.78. The normalized spacial score (nSPS) is 11.8. The molecular formula is C21H23N5O2S. The average Bonchev–Trinajstić information content (AvgIpc) is 3.27. The second-order valence-corrected chi connectivity index (χ2v) is 8.64. The largest absolute Gasteiger partial charge is 0.486 e. The minimum atomic E-state index is 0.108. The first-order valence-corrected chi connectivity index (χ1v) is 10.3. The summed E-state index contributed by atoms with van der Waals surface area (Å²) in [5.41, 5.74) is 2.97. The van der Waals surface area contributed by atoms with E-state index < -0.39 is 0 Å². The number of para-hydroxylation sites is 2. The number of fused-ring (bicyclic) bond motifs is 1. The predicted molar refractivity (Wildman–Crippen MR) is 113 cm³/mol. The van der Waals surface area contributed by atoms with Crippen LogP contribution >= 0.6 is 11.8 Å². The Balaban J connectivity index is 1.36. The van der Waals surface area contributed by atoms with Crippen molar-refractivity contribution in [1.29, 1.82) is 0 Å². The molecule has 0 aliphatic heterocycles. The third-order valence-electron chi connectivity index (χ3n) is 4.49. The molecular weight excluding hydrogens is 386 g/mol. The lowest BCUT2D eigenvalue weighted by Crippen LogP contribution is -2.16. The van der Waals surface area contributed by atoms with Gasteiger partial charge in [-0.05, 0) is 35.2 Å². The Morgan fingerprint density at radius 3 is 2.55 bits per heavy atom. The lowest BCUT2D eigenvalue weighted by molar-refractivity contribution is 0.291. The van der Waals surface area contributed by atoms with E-state index in [2.05, 4.69) is 48.1 Å². The van der Waals surface area contributed by atoms with Gasteiger partial charge >= 0.3 is 0 Å². The van der Waals surface area contributed by atoms with E-state index in [0.717, 1.165) is 16.8 Å². The molecule has 0 amide bonds. The van der Waals surface area contributed by atoms with Crippen LogP contribution in [0.25, 0.3) is 11.1 Å². The van der Waals surface area contributed by atoms with Crippen LogP contribution in [0.4, 0.5) is 0 Å². The van der Waals surface area contributed by atoms with Gasteiger partial charge in [-0.1, -0.05) is 56.8 Å². The fraction of sp³-hybridized carbons (Fsp3) is 0.286.